The first-order valence-electron chi connectivity index (χ1n) is 4.66. The summed E-state index contributed by atoms with van der Waals surface area (Å²) >= 11 is 2.39. The number of hydrogen-bond acceptors (Lipinski definition) is 1. The van der Waals surface area contributed by atoms with Crippen molar-refractivity contribution in [3.05, 3.63) is 36.4 Å². The van der Waals surface area contributed by atoms with E-state index in [4.69, 9.17) is 4.74 Å². The Morgan fingerprint density at radius 2 is 2.00 bits per heavy atom. The van der Waals surface area contributed by atoms with E-state index in [1.54, 1.807) is 7.11 Å². The van der Waals surface area contributed by atoms with Crippen LogP contribution in [0.4, 0.5) is 0 Å². The zero-order valence-electron chi connectivity index (χ0n) is 8.42. The molecule has 0 unspecified atom stereocenters. The SMILES string of the molecule is C=C(CCCI)c1ccc(OC)cc1. The lowest BCUT2D eigenvalue weighted by Crippen LogP contribution is -1.86. The molecule has 0 radical (unpaired) electrons. The van der Waals surface area contributed by atoms with E-state index in [1.807, 2.05) is 12.1 Å². The first-order chi connectivity index (χ1) is 6.77. The van der Waals surface area contributed by atoms with Crippen LogP contribution in [-0.4, -0.2) is 11.5 Å². The Morgan fingerprint density at radius 3 is 2.50 bits per heavy atom. The van der Waals surface area contributed by atoms with Crippen LogP contribution in [0.5, 0.6) is 5.75 Å². The van der Waals surface area contributed by atoms with Crippen molar-refractivity contribution in [3.63, 3.8) is 0 Å². The number of hydrogen-bond donors (Lipinski definition) is 0. The molecule has 76 valence electrons. The van der Waals surface area contributed by atoms with Crippen LogP contribution >= 0.6 is 22.6 Å². The van der Waals surface area contributed by atoms with Gasteiger partial charge in [-0.25, -0.2) is 0 Å². The Balaban J connectivity index is 2.62. The molecule has 0 aliphatic rings. The van der Waals surface area contributed by atoms with E-state index in [1.165, 1.54) is 22.0 Å². The van der Waals surface area contributed by atoms with Crippen molar-refractivity contribution in [1.82, 2.24) is 0 Å². The van der Waals surface area contributed by atoms with Crippen molar-refractivity contribution in [3.8, 4) is 5.75 Å². The summed E-state index contributed by atoms with van der Waals surface area (Å²) in [6, 6.07) is 8.08. The minimum atomic E-state index is 0.899. The van der Waals surface area contributed by atoms with Crippen LogP contribution in [0.1, 0.15) is 18.4 Å². The summed E-state index contributed by atoms with van der Waals surface area (Å²) in [5.74, 6) is 0.899. The van der Waals surface area contributed by atoms with Crippen LogP contribution in [-0.2, 0) is 0 Å². The topological polar surface area (TPSA) is 9.23 Å². The first-order valence-corrected chi connectivity index (χ1v) is 6.18. The van der Waals surface area contributed by atoms with Crippen molar-refractivity contribution in [1.29, 1.82) is 0 Å². The van der Waals surface area contributed by atoms with E-state index >= 15 is 0 Å². The molecular formula is C12H15IO. The number of allylic oxidation sites excluding steroid dienone is 1. The van der Waals surface area contributed by atoms with Crippen LogP contribution in [0, 0.1) is 0 Å². The van der Waals surface area contributed by atoms with Gasteiger partial charge in [-0.1, -0.05) is 41.3 Å². The molecule has 0 aliphatic heterocycles. The van der Waals surface area contributed by atoms with E-state index in [9.17, 15) is 0 Å². The molecule has 0 aromatic heterocycles. The molecule has 0 saturated heterocycles. The third-order valence-corrected chi connectivity index (χ3v) is 2.87. The van der Waals surface area contributed by atoms with Crippen LogP contribution in [0.2, 0.25) is 0 Å². The molecule has 0 atom stereocenters. The molecule has 0 spiro atoms. The van der Waals surface area contributed by atoms with Gasteiger partial charge in [-0.05, 0) is 40.5 Å². The van der Waals surface area contributed by atoms with Gasteiger partial charge in [-0.2, -0.15) is 0 Å². The van der Waals surface area contributed by atoms with Gasteiger partial charge in [0.1, 0.15) is 5.75 Å². The van der Waals surface area contributed by atoms with E-state index < -0.39 is 0 Å². The Kier molecular flexibility index (Phi) is 5.01. The maximum Gasteiger partial charge on any atom is 0.118 e. The molecule has 1 nitrogen and oxygen atoms in total. The Hall–Kier alpha value is -0.510. The first kappa shape index (κ1) is 11.6. The van der Waals surface area contributed by atoms with Gasteiger partial charge in [-0.15, -0.1) is 0 Å². The fourth-order valence-electron chi connectivity index (χ4n) is 1.25. The monoisotopic (exact) mass is 302 g/mol. The number of ether oxygens (including phenoxy) is 1. The van der Waals surface area contributed by atoms with Crippen molar-refractivity contribution in [2.24, 2.45) is 0 Å². The fraction of sp³-hybridized carbons (Fsp3) is 0.333. The van der Waals surface area contributed by atoms with Crippen molar-refractivity contribution >= 4 is 28.2 Å². The molecule has 0 bridgehead atoms. The molecule has 1 aromatic carbocycles. The molecule has 0 amide bonds. The Morgan fingerprint density at radius 1 is 1.36 bits per heavy atom. The van der Waals surface area contributed by atoms with Gasteiger partial charge >= 0.3 is 0 Å². The summed E-state index contributed by atoms with van der Waals surface area (Å²) in [4.78, 5) is 0. The van der Waals surface area contributed by atoms with E-state index in [0.717, 1.165) is 12.2 Å². The number of rotatable bonds is 5. The molecule has 1 rings (SSSR count). The second-order valence-corrected chi connectivity index (χ2v) is 4.20. The van der Waals surface area contributed by atoms with Gasteiger partial charge in [0.15, 0.2) is 0 Å². The average molecular weight is 302 g/mol. The minimum Gasteiger partial charge on any atom is -0.497 e. The zero-order valence-corrected chi connectivity index (χ0v) is 10.6. The molecular weight excluding hydrogens is 287 g/mol. The lowest BCUT2D eigenvalue weighted by Gasteiger charge is -2.05. The van der Waals surface area contributed by atoms with Crippen molar-refractivity contribution in [2.45, 2.75) is 12.8 Å². The summed E-state index contributed by atoms with van der Waals surface area (Å²) in [5.41, 5.74) is 2.43. The Bertz CT molecular complexity index is 290. The molecule has 0 fully saturated rings. The van der Waals surface area contributed by atoms with Gasteiger partial charge < -0.3 is 4.74 Å². The maximum absolute atomic E-state index is 5.10. The second-order valence-electron chi connectivity index (χ2n) is 3.12. The lowest BCUT2D eigenvalue weighted by atomic mass is 10.0. The van der Waals surface area contributed by atoms with Gasteiger partial charge in [-0.3, -0.25) is 0 Å². The number of alkyl halides is 1. The smallest absolute Gasteiger partial charge is 0.118 e. The van der Waals surface area contributed by atoms with Crippen LogP contribution < -0.4 is 4.74 Å². The van der Waals surface area contributed by atoms with Crippen LogP contribution in [0.3, 0.4) is 0 Å². The van der Waals surface area contributed by atoms with Crippen LogP contribution in [0.25, 0.3) is 5.57 Å². The third kappa shape index (κ3) is 3.33. The highest BCUT2D eigenvalue weighted by Crippen LogP contribution is 2.21. The number of benzene rings is 1. The Labute approximate surface area is 99.3 Å². The molecule has 0 N–H and O–H groups in total. The minimum absolute atomic E-state index is 0.899. The van der Waals surface area contributed by atoms with Gasteiger partial charge in [0.25, 0.3) is 0 Å². The standard InChI is InChI=1S/C12H15IO/c1-10(4-3-9-13)11-5-7-12(14-2)8-6-11/h5-8H,1,3-4,9H2,2H3. The fourth-order valence-corrected chi connectivity index (χ4v) is 1.63. The number of methoxy groups -OCH3 is 1. The lowest BCUT2D eigenvalue weighted by molar-refractivity contribution is 0.415. The van der Waals surface area contributed by atoms with Gasteiger partial charge in [0, 0.05) is 0 Å². The third-order valence-electron chi connectivity index (χ3n) is 2.11. The molecule has 0 saturated carbocycles. The average Bonchev–Trinajstić information content (AvgIpc) is 2.26. The van der Waals surface area contributed by atoms with Crippen molar-refractivity contribution in [2.75, 3.05) is 11.5 Å². The van der Waals surface area contributed by atoms with Crippen molar-refractivity contribution < 1.29 is 4.74 Å². The molecule has 2 heteroatoms. The largest absolute Gasteiger partial charge is 0.497 e. The van der Waals surface area contributed by atoms with Crippen LogP contribution in [0.15, 0.2) is 30.8 Å². The highest BCUT2D eigenvalue weighted by molar-refractivity contribution is 14.1. The summed E-state index contributed by atoms with van der Waals surface area (Å²) in [5, 5.41) is 0. The number of halogens is 1. The predicted molar refractivity (Wildman–Crippen MR) is 70.1 cm³/mol. The molecule has 0 aliphatic carbocycles. The zero-order chi connectivity index (χ0) is 10.4. The van der Waals surface area contributed by atoms with Gasteiger partial charge in [0.05, 0.1) is 7.11 Å². The summed E-state index contributed by atoms with van der Waals surface area (Å²) in [6.45, 7) is 4.07. The molecule has 0 heterocycles. The summed E-state index contributed by atoms with van der Waals surface area (Å²) < 4.78 is 6.29. The second kappa shape index (κ2) is 6.06. The predicted octanol–water partition coefficient (Wildman–Crippen LogP) is 3.92. The highest BCUT2D eigenvalue weighted by Gasteiger charge is 1.98. The maximum atomic E-state index is 5.10. The van der Waals surface area contributed by atoms with E-state index in [0.29, 0.717) is 0 Å². The highest BCUT2D eigenvalue weighted by atomic mass is 127. The van der Waals surface area contributed by atoms with E-state index in [2.05, 4.69) is 41.3 Å². The quantitative estimate of drug-likeness (QED) is 0.591. The summed E-state index contributed by atoms with van der Waals surface area (Å²) in [6.07, 6.45) is 2.28. The van der Waals surface area contributed by atoms with E-state index in [-0.39, 0.29) is 0 Å². The van der Waals surface area contributed by atoms with Gasteiger partial charge in [0.2, 0.25) is 0 Å². The molecule has 14 heavy (non-hydrogen) atoms. The molecule has 1 aromatic rings. The normalized spacial score (nSPS) is 9.86. The summed E-state index contributed by atoms with van der Waals surface area (Å²) in [7, 11) is 1.68.